The monoisotopic (exact) mass is 340 g/mol. The van der Waals surface area contributed by atoms with Crippen molar-refractivity contribution < 1.29 is 9.47 Å². The molecule has 2 rings (SSSR count). The van der Waals surface area contributed by atoms with Crippen LogP contribution in [0.1, 0.15) is 40.5 Å². The molecule has 2 atom stereocenters. The minimum absolute atomic E-state index is 0.175. The second-order valence-electron chi connectivity index (χ2n) is 7.47. The number of likely N-dealkylation sites (tertiary alicyclic amines) is 1. The highest BCUT2D eigenvalue weighted by Crippen LogP contribution is 2.25. The van der Waals surface area contributed by atoms with E-state index >= 15 is 0 Å². The molecule has 0 spiro atoms. The zero-order valence-electron chi connectivity index (χ0n) is 16.1. The highest BCUT2D eigenvalue weighted by Gasteiger charge is 2.34. The summed E-state index contributed by atoms with van der Waals surface area (Å²) in [4.78, 5) is 7.37. The van der Waals surface area contributed by atoms with Crippen LogP contribution in [0.5, 0.6) is 0 Å². The summed E-state index contributed by atoms with van der Waals surface area (Å²) in [6.45, 7) is 14.2. The Hall–Kier alpha value is -0.850. The average Bonchev–Trinajstić information content (AvgIpc) is 2.95. The predicted molar refractivity (Wildman–Crippen MR) is 98.6 cm³/mol. The third-order valence-corrected chi connectivity index (χ3v) is 5.40. The SMILES string of the molecule is CCNC(=NCC1(OC)CCOCC1)NC1CN(C(C)C)CC1C. The molecule has 0 bridgehead atoms. The van der Waals surface area contributed by atoms with E-state index < -0.39 is 0 Å². The lowest BCUT2D eigenvalue weighted by Crippen LogP contribution is -2.48. The summed E-state index contributed by atoms with van der Waals surface area (Å²) in [5.74, 6) is 1.53. The van der Waals surface area contributed by atoms with Crippen molar-refractivity contribution in [2.24, 2.45) is 10.9 Å². The first-order valence-corrected chi connectivity index (χ1v) is 9.41. The van der Waals surface area contributed by atoms with Crippen LogP contribution >= 0.6 is 0 Å². The van der Waals surface area contributed by atoms with E-state index in [1.54, 1.807) is 7.11 Å². The van der Waals surface area contributed by atoms with E-state index in [0.29, 0.717) is 24.5 Å². The second-order valence-corrected chi connectivity index (χ2v) is 7.47. The van der Waals surface area contributed by atoms with Gasteiger partial charge in [0, 0.05) is 64.9 Å². The molecule has 0 radical (unpaired) electrons. The molecule has 2 N–H and O–H groups in total. The van der Waals surface area contributed by atoms with Gasteiger partial charge in [-0.15, -0.1) is 0 Å². The Kier molecular flexibility index (Phi) is 7.32. The molecule has 6 heteroatoms. The first kappa shape index (κ1) is 19.5. The van der Waals surface area contributed by atoms with Gasteiger partial charge in [-0.1, -0.05) is 6.92 Å². The number of methoxy groups -OCH3 is 1. The van der Waals surface area contributed by atoms with Crippen molar-refractivity contribution in [2.75, 3.05) is 46.5 Å². The van der Waals surface area contributed by atoms with Gasteiger partial charge in [0.05, 0.1) is 12.1 Å². The fraction of sp³-hybridized carbons (Fsp3) is 0.944. The molecule has 0 aromatic rings. The van der Waals surface area contributed by atoms with E-state index in [1.807, 2.05) is 0 Å². The quantitative estimate of drug-likeness (QED) is 0.566. The summed E-state index contributed by atoms with van der Waals surface area (Å²) < 4.78 is 11.3. The van der Waals surface area contributed by atoms with Crippen LogP contribution in [0, 0.1) is 5.92 Å². The molecule has 0 amide bonds. The smallest absolute Gasteiger partial charge is 0.191 e. The highest BCUT2D eigenvalue weighted by molar-refractivity contribution is 5.80. The Balaban J connectivity index is 1.97. The molecule has 2 heterocycles. The molecule has 0 aliphatic carbocycles. The van der Waals surface area contributed by atoms with Crippen molar-refractivity contribution in [3.63, 3.8) is 0 Å². The topological polar surface area (TPSA) is 58.1 Å². The maximum atomic E-state index is 5.80. The van der Waals surface area contributed by atoms with Gasteiger partial charge in [0.25, 0.3) is 0 Å². The molecule has 140 valence electrons. The van der Waals surface area contributed by atoms with Gasteiger partial charge in [-0.2, -0.15) is 0 Å². The third-order valence-electron chi connectivity index (χ3n) is 5.40. The summed E-state index contributed by atoms with van der Waals surface area (Å²) in [6, 6.07) is 1.04. The number of guanidine groups is 1. The van der Waals surface area contributed by atoms with Crippen LogP contribution in [0.3, 0.4) is 0 Å². The normalized spacial score (nSPS) is 28.3. The van der Waals surface area contributed by atoms with E-state index in [1.165, 1.54) is 0 Å². The summed E-state index contributed by atoms with van der Waals surface area (Å²) in [6.07, 6.45) is 1.82. The van der Waals surface area contributed by atoms with Gasteiger partial charge in [-0.05, 0) is 26.7 Å². The molecule has 0 aromatic carbocycles. The fourth-order valence-corrected chi connectivity index (χ4v) is 3.50. The van der Waals surface area contributed by atoms with Crippen LogP contribution in [0.25, 0.3) is 0 Å². The molecule has 2 aliphatic heterocycles. The van der Waals surface area contributed by atoms with Gasteiger partial charge in [-0.25, -0.2) is 0 Å². The minimum Gasteiger partial charge on any atom is -0.381 e. The Morgan fingerprint density at radius 2 is 2.04 bits per heavy atom. The summed E-state index contributed by atoms with van der Waals surface area (Å²) in [5.41, 5.74) is -0.175. The lowest BCUT2D eigenvalue weighted by atomic mass is 9.94. The van der Waals surface area contributed by atoms with Gasteiger partial charge >= 0.3 is 0 Å². The van der Waals surface area contributed by atoms with Crippen molar-refractivity contribution in [3.8, 4) is 0 Å². The van der Waals surface area contributed by atoms with E-state index in [-0.39, 0.29) is 5.60 Å². The molecule has 24 heavy (non-hydrogen) atoms. The summed E-state index contributed by atoms with van der Waals surface area (Å²) in [7, 11) is 1.79. The van der Waals surface area contributed by atoms with Crippen LogP contribution in [-0.2, 0) is 9.47 Å². The molecule has 6 nitrogen and oxygen atoms in total. The van der Waals surface area contributed by atoms with Crippen molar-refractivity contribution in [3.05, 3.63) is 0 Å². The van der Waals surface area contributed by atoms with Crippen molar-refractivity contribution >= 4 is 5.96 Å². The van der Waals surface area contributed by atoms with E-state index in [0.717, 1.165) is 51.6 Å². The molecule has 2 saturated heterocycles. The van der Waals surface area contributed by atoms with E-state index in [4.69, 9.17) is 14.5 Å². The molecule has 2 fully saturated rings. The van der Waals surface area contributed by atoms with Gasteiger partial charge in [0.15, 0.2) is 5.96 Å². The van der Waals surface area contributed by atoms with E-state index in [9.17, 15) is 0 Å². The lowest BCUT2D eigenvalue weighted by Gasteiger charge is -2.34. The Bertz CT molecular complexity index is 408. The van der Waals surface area contributed by atoms with Gasteiger partial charge in [0.1, 0.15) is 0 Å². The second kappa shape index (κ2) is 9.02. The van der Waals surface area contributed by atoms with Crippen LogP contribution in [-0.4, -0.2) is 75.0 Å². The first-order valence-electron chi connectivity index (χ1n) is 9.41. The maximum Gasteiger partial charge on any atom is 0.191 e. The molecule has 0 saturated carbocycles. The average molecular weight is 341 g/mol. The zero-order chi connectivity index (χ0) is 17.6. The Labute approximate surface area is 147 Å². The maximum absolute atomic E-state index is 5.80. The van der Waals surface area contributed by atoms with Crippen LogP contribution in [0.4, 0.5) is 0 Å². The molecule has 2 unspecified atom stereocenters. The summed E-state index contributed by atoms with van der Waals surface area (Å²) in [5, 5.41) is 7.03. The first-order chi connectivity index (χ1) is 11.5. The number of hydrogen-bond acceptors (Lipinski definition) is 4. The van der Waals surface area contributed by atoms with Crippen LogP contribution in [0.15, 0.2) is 4.99 Å². The van der Waals surface area contributed by atoms with E-state index in [2.05, 4.69) is 43.2 Å². The van der Waals surface area contributed by atoms with Gasteiger partial charge in [0.2, 0.25) is 0 Å². The highest BCUT2D eigenvalue weighted by atomic mass is 16.5. The van der Waals surface area contributed by atoms with Gasteiger partial charge in [-0.3, -0.25) is 9.89 Å². The van der Waals surface area contributed by atoms with Crippen molar-refractivity contribution in [2.45, 2.75) is 58.2 Å². The summed E-state index contributed by atoms with van der Waals surface area (Å²) >= 11 is 0. The van der Waals surface area contributed by atoms with Crippen molar-refractivity contribution in [1.82, 2.24) is 15.5 Å². The van der Waals surface area contributed by atoms with Crippen LogP contribution < -0.4 is 10.6 Å². The largest absolute Gasteiger partial charge is 0.381 e. The number of ether oxygens (including phenoxy) is 2. The molecular weight excluding hydrogens is 304 g/mol. The molecular formula is C18H36N4O2. The van der Waals surface area contributed by atoms with Gasteiger partial charge < -0.3 is 20.1 Å². The van der Waals surface area contributed by atoms with Crippen molar-refractivity contribution in [1.29, 1.82) is 0 Å². The standard InChI is InChI=1S/C18H36N4O2/c1-6-19-17(20-13-18(23-5)7-9-24-10-8-18)21-16-12-22(14(2)3)11-15(16)4/h14-16H,6-13H2,1-5H3,(H2,19,20,21). The number of rotatable bonds is 6. The number of nitrogens with one attached hydrogen (secondary N) is 2. The Morgan fingerprint density at radius 1 is 1.33 bits per heavy atom. The fourth-order valence-electron chi connectivity index (χ4n) is 3.50. The number of hydrogen-bond donors (Lipinski definition) is 2. The Morgan fingerprint density at radius 3 is 2.58 bits per heavy atom. The molecule has 2 aliphatic rings. The minimum atomic E-state index is -0.175. The molecule has 0 aromatic heterocycles. The predicted octanol–water partition coefficient (Wildman–Crippen LogP) is 1.47. The lowest BCUT2D eigenvalue weighted by molar-refractivity contribution is -0.0828. The number of aliphatic imine (C=N–C) groups is 1. The van der Waals surface area contributed by atoms with Crippen LogP contribution in [0.2, 0.25) is 0 Å². The number of nitrogens with zero attached hydrogens (tertiary/aromatic N) is 2. The zero-order valence-corrected chi connectivity index (χ0v) is 16.1. The third kappa shape index (κ3) is 5.07.